The Hall–Kier alpha value is -0.870. The standard InChI is InChI=1S/C10H9BrClN3/c1-7-4-8(11)2-3-10(7)15-9(5-12)6-13-14-15/h2-4,6H,5H2,1H3. The van der Waals surface area contributed by atoms with Crippen molar-refractivity contribution in [2.24, 2.45) is 0 Å². The number of nitrogens with zero attached hydrogens (tertiary/aromatic N) is 3. The lowest BCUT2D eigenvalue weighted by molar-refractivity contribution is 0.776. The number of hydrogen-bond donors (Lipinski definition) is 0. The van der Waals surface area contributed by atoms with Crippen LogP contribution in [0.3, 0.4) is 0 Å². The molecule has 0 atom stereocenters. The third kappa shape index (κ3) is 2.06. The number of hydrogen-bond acceptors (Lipinski definition) is 2. The van der Waals surface area contributed by atoms with Crippen molar-refractivity contribution >= 4 is 27.5 Å². The van der Waals surface area contributed by atoms with Crippen LogP contribution in [0.5, 0.6) is 0 Å². The molecule has 2 rings (SSSR count). The maximum atomic E-state index is 5.80. The monoisotopic (exact) mass is 285 g/mol. The summed E-state index contributed by atoms with van der Waals surface area (Å²) >= 11 is 9.22. The fourth-order valence-electron chi connectivity index (χ4n) is 1.41. The molecule has 2 aromatic rings. The van der Waals surface area contributed by atoms with Crippen molar-refractivity contribution in [1.82, 2.24) is 15.0 Å². The molecular weight excluding hydrogens is 277 g/mol. The van der Waals surface area contributed by atoms with Crippen LogP contribution in [0, 0.1) is 6.92 Å². The molecule has 0 spiro atoms. The van der Waals surface area contributed by atoms with Gasteiger partial charge in [0.15, 0.2) is 0 Å². The van der Waals surface area contributed by atoms with Crippen molar-refractivity contribution in [2.45, 2.75) is 12.8 Å². The second-order valence-corrected chi connectivity index (χ2v) is 4.38. The van der Waals surface area contributed by atoms with Crippen LogP contribution in [0.2, 0.25) is 0 Å². The lowest BCUT2D eigenvalue weighted by Gasteiger charge is -2.07. The highest BCUT2D eigenvalue weighted by atomic mass is 79.9. The Morgan fingerprint density at radius 2 is 2.27 bits per heavy atom. The predicted molar refractivity (Wildman–Crippen MR) is 63.4 cm³/mol. The lowest BCUT2D eigenvalue weighted by Crippen LogP contribution is -2.02. The van der Waals surface area contributed by atoms with E-state index in [1.807, 2.05) is 25.1 Å². The normalized spacial score (nSPS) is 10.6. The van der Waals surface area contributed by atoms with E-state index in [9.17, 15) is 0 Å². The maximum Gasteiger partial charge on any atom is 0.0793 e. The van der Waals surface area contributed by atoms with E-state index in [1.165, 1.54) is 0 Å². The minimum atomic E-state index is 0.405. The summed E-state index contributed by atoms with van der Waals surface area (Å²) in [6, 6.07) is 6.00. The molecule has 0 unspecified atom stereocenters. The zero-order valence-corrected chi connectivity index (χ0v) is 10.5. The highest BCUT2D eigenvalue weighted by Crippen LogP contribution is 2.20. The van der Waals surface area contributed by atoms with Crippen molar-refractivity contribution in [3.8, 4) is 5.69 Å². The quantitative estimate of drug-likeness (QED) is 0.794. The lowest BCUT2D eigenvalue weighted by atomic mass is 10.2. The van der Waals surface area contributed by atoms with Crippen LogP contribution in [0.15, 0.2) is 28.9 Å². The van der Waals surface area contributed by atoms with Gasteiger partial charge in [0, 0.05) is 4.47 Å². The molecule has 0 aliphatic carbocycles. The zero-order chi connectivity index (χ0) is 10.8. The first-order chi connectivity index (χ1) is 7.22. The number of halogens is 2. The Morgan fingerprint density at radius 3 is 2.93 bits per heavy atom. The number of benzene rings is 1. The smallest absolute Gasteiger partial charge is 0.0793 e. The third-order valence-electron chi connectivity index (χ3n) is 2.14. The third-order valence-corrected chi connectivity index (χ3v) is 2.91. The average molecular weight is 287 g/mol. The van der Waals surface area contributed by atoms with Crippen LogP contribution >= 0.6 is 27.5 Å². The molecule has 0 saturated heterocycles. The van der Waals surface area contributed by atoms with E-state index in [1.54, 1.807) is 10.9 Å². The first kappa shape index (κ1) is 10.6. The minimum absolute atomic E-state index is 0.405. The molecule has 0 aliphatic rings. The van der Waals surface area contributed by atoms with Gasteiger partial charge in [-0.3, -0.25) is 0 Å². The highest BCUT2D eigenvalue weighted by molar-refractivity contribution is 9.10. The predicted octanol–water partition coefficient (Wildman–Crippen LogP) is 3.08. The van der Waals surface area contributed by atoms with Gasteiger partial charge in [-0.25, -0.2) is 4.68 Å². The average Bonchev–Trinajstić information content (AvgIpc) is 2.65. The Kier molecular flexibility index (Phi) is 3.07. The number of aromatic nitrogens is 3. The summed E-state index contributed by atoms with van der Waals surface area (Å²) < 4.78 is 2.81. The van der Waals surface area contributed by atoms with Crippen molar-refractivity contribution in [2.75, 3.05) is 0 Å². The second kappa shape index (κ2) is 4.33. The summed E-state index contributed by atoms with van der Waals surface area (Å²) in [4.78, 5) is 0. The molecule has 1 aromatic heterocycles. The molecule has 78 valence electrons. The van der Waals surface area contributed by atoms with Crippen LogP contribution in [-0.2, 0) is 5.88 Å². The SMILES string of the molecule is Cc1cc(Br)ccc1-n1nncc1CCl. The summed E-state index contributed by atoms with van der Waals surface area (Å²) in [5.74, 6) is 0.405. The van der Waals surface area contributed by atoms with Crippen LogP contribution in [0.1, 0.15) is 11.3 Å². The van der Waals surface area contributed by atoms with Gasteiger partial charge in [0.05, 0.1) is 23.5 Å². The number of rotatable bonds is 2. The highest BCUT2D eigenvalue weighted by Gasteiger charge is 2.07. The van der Waals surface area contributed by atoms with E-state index in [0.29, 0.717) is 5.88 Å². The largest absolute Gasteiger partial charge is 0.216 e. The van der Waals surface area contributed by atoms with Gasteiger partial charge in [-0.1, -0.05) is 21.1 Å². The summed E-state index contributed by atoms with van der Waals surface area (Å²) in [6.45, 7) is 2.03. The molecule has 1 heterocycles. The molecule has 0 saturated carbocycles. The molecule has 0 aliphatic heterocycles. The van der Waals surface area contributed by atoms with Gasteiger partial charge in [0.25, 0.3) is 0 Å². The fraction of sp³-hybridized carbons (Fsp3) is 0.200. The van der Waals surface area contributed by atoms with Crippen molar-refractivity contribution in [1.29, 1.82) is 0 Å². The van der Waals surface area contributed by atoms with Gasteiger partial charge in [-0.2, -0.15) is 0 Å². The van der Waals surface area contributed by atoms with Crippen LogP contribution in [0.4, 0.5) is 0 Å². The number of alkyl halides is 1. The molecule has 3 nitrogen and oxygen atoms in total. The summed E-state index contributed by atoms with van der Waals surface area (Å²) in [5.41, 5.74) is 3.02. The molecule has 0 radical (unpaired) electrons. The van der Waals surface area contributed by atoms with E-state index in [4.69, 9.17) is 11.6 Å². The summed E-state index contributed by atoms with van der Waals surface area (Å²) in [6.07, 6.45) is 1.68. The maximum absolute atomic E-state index is 5.80. The molecule has 15 heavy (non-hydrogen) atoms. The first-order valence-electron chi connectivity index (χ1n) is 4.44. The second-order valence-electron chi connectivity index (χ2n) is 3.20. The summed E-state index contributed by atoms with van der Waals surface area (Å²) in [7, 11) is 0. The van der Waals surface area contributed by atoms with Crippen molar-refractivity contribution < 1.29 is 0 Å². The van der Waals surface area contributed by atoms with Gasteiger partial charge in [-0.15, -0.1) is 16.7 Å². The molecule has 1 aromatic carbocycles. The van der Waals surface area contributed by atoms with Crippen LogP contribution < -0.4 is 0 Å². The van der Waals surface area contributed by atoms with E-state index < -0.39 is 0 Å². The molecule has 0 bridgehead atoms. The van der Waals surface area contributed by atoms with Gasteiger partial charge in [0.1, 0.15) is 0 Å². The van der Waals surface area contributed by atoms with E-state index in [-0.39, 0.29) is 0 Å². The molecule has 0 fully saturated rings. The fourth-order valence-corrected chi connectivity index (χ4v) is 2.06. The Balaban J connectivity index is 2.54. The Labute approximate surface area is 101 Å². The van der Waals surface area contributed by atoms with Gasteiger partial charge < -0.3 is 0 Å². The Morgan fingerprint density at radius 1 is 1.47 bits per heavy atom. The Bertz CT molecular complexity index is 481. The number of aryl methyl sites for hydroxylation is 1. The first-order valence-corrected chi connectivity index (χ1v) is 5.77. The van der Waals surface area contributed by atoms with Gasteiger partial charge in [-0.05, 0) is 30.7 Å². The van der Waals surface area contributed by atoms with E-state index in [0.717, 1.165) is 21.4 Å². The van der Waals surface area contributed by atoms with Gasteiger partial charge >= 0.3 is 0 Å². The molecule has 0 amide bonds. The van der Waals surface area contributed by atoms with E-state index in [2.05, 4.69) is 26.2 Å². The zero-order valence-electron chi connectivity index (χ0n) is 8.11. The molecule has 0 N–H and O–H groups in total. The topological polar surface area (TPSA) is 30.7 Å². The molecular formula is C10H9BrClN3. The van der Waals surface area contributed by atoms with Crippen LogP contribution in [-0.4, -0.2) is 15.0 Å². The van der Waals surface area contributed by atoms with Crippen LogP contribution in [0.25, 0.3) is 5.69 Å². The van der Waals surface area contributed by atoms with E-state index >= 15 is 0 Å². The van der Waals surface area contributed by atoms with Crippen molar-refractivity contribution in [3.63, 3.8) is 0 Å². The summed E-state index contributed by atoms with van der Waals surface area (Å²) in [5, 5.41) is 7.86. The van der Waals surface area contributed by atoms with Gasteiger partial charge in [0.2, 0.25) is 0 Å². The minimum Gasteiger partial charge on any atom is -0.216 e. The molecule has 5 heteroatoms. The van der Waals surface area contributed by atoms with Crippen molar-refractivity contribution in [3.05, 3.63) is 40.1 Å².